The number of hydrogen-bond donors (Lipinski definition) is 1. The molecule has 1 N–H and O–H groups in total. The molecule has 28 heavy (non-hydrogen) atoms. The van der Waals surface area contributed by atoms with E-state index in [4.69, 9.17) is 4.74 Å². The maximum atomic E-state index is 13.4. The van der Waals surface area contributed by atoms with Gasteiger partial charge in [-0.1, -0.05) is 38.5 Å². The Kier molecular flexibility index (Phi) is 6.06. The summed E-state index contributed by atoms with van der Waals surface area (Å²) in [6, 6.07) is 6.88. The quantitative estimate of drug-likeness (QED) is 0.843. The highest BCUT2D eigenvalue weighted by molar-refractivity contribution is 5.98. The summed E-state index contributed by atoms with van der Waals surface area (Å²) >= 11 is 0. The molecule has 0 saturated carbocycles. The molecule has 4 amide bonds. The standard InChI is InChI=1S/C20H28N4O4/c1-4-14(2)17-18(25)21-16-8-6-5-7-15(16)13-24(17)19(26)22-9-11-23(12-10-22)20(27)28-3/h5-8,14,17H,4,9-13H2,1-3H3,(H,21,25)/t14-,17-/m0/s1. The first-order valence-corrected chi connectivity index (χ1v) is 9.73. The van der Waals surface area contributed by atoms with Crippen molar-refractivity contribution in [2.24, 2.45) is 5.92 Å². The van der Waals surface area contributed by atoms with Gasteiger partial charge < -0.3 is 24.8 Å². The summed E-state index contributed by atoms with van der Waals surface area (Å²) in [4.78, 5) is 43.0. The Hall–Kier alpha value is -2.77. The number of para-hydroxylation sites is 1. The second-order valence-electron chi connectivity index (χ2n) is 7.33. The zero-order valence-electron chi connectivity index (χ0n) is 16.7. The van der Waals surface area contributed by atoms with Gasteiger partial charge in [0, 0.05) is 31.9 Å². The zero-order chi connectivity index (χ0) is 20.3. The first-order valence-electron chi connectivity index (χ1n) is 9.73. The fourth-order valence-corrected chi connectivity index (χ4v) is 3.78. The van der Waals surface area contributed by atoms with Gasteiger partial charge >= 0.3 is 12.1 Å². The number of nitrogens with one attached hydrogen (secondary N) is 1. The fraction of sp³-hybridized carbons (Fsp3) is 0.550. The highest BCUT2D eigenvalue weighted by Gasteiger charge is 2.39. The molecular weight excluding hydrogens is 360 g/mol. The number of rotatable bonds is 2. The van der Waals surface area contributed by atoms with E-state index in [0.29, 0.717) is 32.7 Å². The van der Waals surface area contributed by atoms with Crippen molar-refractivity contribution in [2.45, 2.75) is 32.9 Å². The van der Waals surface area contributed by atoms with E-state index in [0.717, 1.165) is 17.7 Å². The number of anilines is 1. The number of amides is 4. The minimum absolute atomic E-state index is 0.0228. The summed E-state index contributed by atoms with van der Waals surface area (Å²) in [5.41, 5.74) is 1.68. The van der Waals surface area contributed by atoms with Crippen molar-refractivity contribution in [1.82, 2.24) is 14.7 Å². The summed E-state index contributed by atoms with van der Waals surface area (Å²) in [5.74, 6) is -0.129. The minimum Gasteiger partial charge on any atom is -0.453 e. The average molecular weight is 388 g/mol. The molecule has 152 valence electrons. The Balaban J connectivity index is 1.83. The van der Waals surface area contributed by atoms with Gasteiger partial charge in [-0.3, -0.25) is 4.79 Å². The number of hydrogen-bond acceptors (Lipinski definition) is 4. The number of urea groups is 1. The van der Waals surface area contributed by atoms with Crippen LogP contribution >= 0.6 is 0 Å². The summed E-state index contributed by atoms with van der Waals surface area (Å²) < 4.78 is 4.75. The van der Waals surface area contributed by atoms with Crippen LogP contribution < -0.4 is 5.32 Å². The number of benzene rings is 1. The highest BCUT2D eigenvalue weighted by Crippen LogP contribution is 2.28. The van der Waals surface area contributed by atoms with E-state index in [1.807, 2.05) is 38.1 Å². The number of ether oxygens (including phenoxy) is 1. The molecule has 3 rings (SSSR count). The number of carbonyl (C=O) groups excluding carboxylic acids is 3. The van der Waals surface area contributed by atoms with Crippen LogP contribution in [0.15, 0.2) is 24.3 Å². The van der Waals surface area contributed by atoms with E-state index >= 15 is 0 Å². The van der Waals surface area contributed by atoms with Gasteiger partial charge in [-0.05, 0) is 17.5 Å². The van der Waals surface area contributed by atoms with Gasteiger partial charge in [-0.15, -0.1) is 0 Å². The van der Waals surface area contributed by atoms with Crippen LogP contribution in [-0.4, -0.2) is 72.1 Å². The van der Waals surface area contributed by atoms with E-state index in [2.05, 4.69) is 5.32 Å². The topological polar surface area (TPSA) is 82.2 Å². The highest BCUT2D eigenvalue weighted by atomic mass is 16.5. The van der Waals surface area contributed by atoms with Crippen LogP contribution in [0.2, 0.25) is 0 Å². The second kappa shape index (κ2) is 8.50. The van der Waals surface area contributed by atoms with Crippen molar-refractivity contribution < 1.29 is 19.1 Å². The lowest BCUT2D eigenvalue weighted by atomic mass is 9.97. The molecule has 0 spiro atoms. The lowest BCUT2D eigenvalue weighted by molar-refractivity contribution is -0.122. The van der Waals surface area contributed by atoms with E-state index in [9.17, 15) is 14.4 Å². The van der Waals surface area contributed by atoms with Gasteiger partial charge in [0.1, 0.15) is 6.04 Å². The van der Waals surface area contributed by atoms with Gasteiger partial charge in [-0.25, -0.2) is 9.59 Å². The predicted octanol–water partition coefficient (Wildman–Crippen LogP) is 2.36. The summed E-state index contributed by atoms with van der Waals surface area (Å²) in [6.45, 7) is 6.07. The molecule has 1 fully saturated rings. The third kappa shape index (κ3) is 3.90. The molecule has 1 aromatic rings. The van der Waals surface area contributed by atoms with E-state index in [-0.39, 0.29) is 23.9 Å². The Morgan fingerprint density at radius 3 is 2.46 bits per heavy atom. The lowest BCUT2D eigenvalue weighted by Crippen LogP contribution is -2.57. The molecule has 0 aliphatic carbocycles. The van der Waals surface area contributed by atoms with Gasteiger partial charge in [0.05, 0.1) is 13.7 Å². The van der Waals surface area contributed by atoms with Crippen molar-refractivity contribution >= 4 is 23.7 Å². The number of carbonyl (C=O) groups is 3. The van der Waals surface area contributed by atoms with Crippen molar-refractivity contribution in [2.75, 3.05) is 38.6 Å². The summed E-state index contributed by atoms with van der Waals surface area (Å²) in [6.07, 6.45) is 0.404. The first-order chi connectivity index (χ1) is 13.5. The Morgan fingerprint density at radius 2 is 1.82 bits per heavy atom. The van der Waals surface area contributed by atoms with Crippen LogP contribution in [0.25, 0.3) is 0 Å². The fourth-order valence-electron chi connectivity index (χ4n) is 3.78. The molecule has 0 bridgehead atoms. The van der Waals surface area contributed by atoms with Crippen LogP contribution in [-0.2, 0) is 16.1 Å². The van der Waals surface area contributed by atoms with Gasteiger partial charge in [-0.2, -0.15) is 0 Å². The van der Waals surface area contributed by atoms with E-state index in [1.165, 1.54) is 7.11 Å². The lowest BCUT2D eigenvalue weighted by Gasteiger charge is -2.39. The third-order valence-corrected chi connectivity index (χ3v) is 5.63. The zero-order valence-corrected chi connectivity index (χ0v) is 16.7. The third-order valence-electron chi connectivity index (χ3n) is 5.63. The summed E-state index contributed by atoms with van der Waals surface area (Å²) in [5, 5.41) is 2.98. The van der Waals surface area contributed by atoms with Crippen molar-refractivity contribution in [1.29, 1.82) is 0 Å². The van der Waals surface area contributed by atoms with Crippen molar-refractivity contribution in [3.05, 3.63) is 29.8 Å². The number of nitrogens with zero attached hydrogens (tertiary/aromatic N) is 3. The van der Waals surface area contributed by atoms with E-state index in [1.54, 1.807) is 14.7 Å². The molecule has 8 nitrogen and oxygen atoms in total. The minimum atomic E-state index is -0.538. The molecular formula is C20H28N4O4. The largest absolute Gasteiger partial charge is 0.453 e. The maximum Gasteiger partial charge on any atom is 0.409 e. The average Bonchev–Trinajstić information content (AvgIpc) is 2.87. The number of fused-ring (bicyclic) bond motifs is 1. The molecule has 8 heteroatoms. The molecule has 2 atom stereocenters. The van der Waals surface area contributed by atoms with Gasteiger partial charge in [0.25, 0.3) is 0 Å². The van der Waals surface area contributed by atoms with Crippen LogP contribution in [0.1, 0.15) is 25.8 Å². The SMILES string of the molecule is CC[C@H](C)[C@H]1C(=O)Nc2ccccc2CN1C(=O)N1CCN(C(=O)OC)CC1. The predicted molar refractivity (Wildman–Crippen MR) is 105 cm³/mol. The van der Waals surface area contributed by atoms with Gasteiger partial charge in [0.2, 0.25) is 5.91 Å². The molecule has 0 radical (unpaired) electrons. The molecule has 2 heterocycles. The van der Waals surface area contributed by atoms with E-state index < -0.39 is 6.04 Å². The van der Waals surface area contributed by atoms with Crippen LogP contribution in [0.4, 0.5) is 15.3 Å². The maximum absolute atomic E-state index is 13.4. The van der Waals surface area contributed by atoms with Crippen molar-refractivity contribution in [3.8, 4) is 0 Å². The van der Waals surface area contributed by atoms with Crippen LogP contribution in [0, 0.1) is 5.92 Å². The van der Waals surface area contributed by atoms with Gasteiger partial charge in [0.15, 0.2) is 0 Å². The normalized spacial score (nSPS) is 20.8. The van der Waals surface area contributed by atoms with Crippen LogP contribution in [0.5, 0.6) is 0 Å². The smallest absolute Gasteiger partial charge is 0.409 e. The Morgan fingerprint density at radius 1 is 1.18 bits per heavy atom. The summed E-state index contributed by atoms with van der Waals surface area (Å²) in [7, 11) is 1.35. The number of piperazine rings is 1. The number of methoxy groups -OCH3 is 1. The van der Waals surface area contributed by atoms with Crippen LogP contribution in [0.3, 0.4) is 0 Å². The molecule has 2 aliphatic heterocycles. The molecule has 1 aromatic carbocycles. The second-order valence-corrected chi connectivity index (χ2v) is 7.33. The monoisotopic (exact) mass is 388 g/mol. The first kappa shape index (κ1) is 20.0. The molecule has 0 aromatic heterocycles. The van der Waals surface area contributed by atoms with Crippen molar-refractivity contribution in [3.63, 3.8) is 0 Å². The molecule has 0 unspecified atom stereocenters. The molecule has 2 aliphatic rings. The Bertz CT molecular complexity index is 745. The molecule has 1 saturated heterocycles. The Labute approximate surface area is 165 Å².